The molecule has 118 valence electrons. The molecule has 0 bridgehead atoms. The van der Waals surface area contributed by atoms with E-state index in [9.17, 15) is 24.7 Å². The van der Waals surface area contributed by atoms with Crippen molar-refractivity contribution in [3.8, 4) is 0 Å². The van der Waals surface area contributed by atoms with Crippen molar-refractivity contribution in [1.29, 1.82) is 0 Å². The van der Waals surface area contributed by atoms with Crippen LogP contribution < -0.4 is 0 Å². The first-order valence-corrected chi connectivity index (χ1v) is 7.15. The van der Waals surface area contributed by atoms with Gasteiger partial charge < -0.3 is 34.6 Å². The molecule has 1 aliphatic rings. The Labute approximate surface area is 114 Å². The predicted octanol–water partition coefficient (Wildman–Crippen LogP) is -2.49. The third kappa shape index (κ3) is 5.17. The fraction of sp³-hybridized carbons (Fsp3) is 0.889. The number of hydrogen-bond donors (Lipinski definition) is 5. The molecule has 5 atom stereocenters. The van der Waals surface area contributed by atoms with E-state index < -0.39 is 51.7 Å². The molecule has 0 aromatic heterocycles. The van der Waals surface area contributed by atoms with Crippen molar-refractivity contribution >= 4 is 13.6 Å². The maximum Gasteiger partial charge on any atom is 0.469 e. The average Bonchev–Trinajstić information content (AvgIpc) is 2.32. The van der Waals surface area contributed by atoms with Gasteiger partial charge in [0.2, 0.25) is 0 Å². The second kappa shape index (κ2) is 7.03. The van der Waals surface area contributed by atoms with Gasteiger partial charge in [0.15, 0.2) is 12.1 Å². The third-order valence-corrected chi connectivity index (χ3v) is 3.01. The number of aliphatic hydroxyl groups is 3. The average molecular weight is 316 g/mol. The van der Waals surface area contributed by atoms with Crippen LogP contribution in [0.4, 0.5) is 0 Å². The topological polar surface area (TPSA) is 163 Å². The lowest BCUT2D eigenvalue weighted by molar-refractivity contribution is -0.298. The van der Waals surface area contributed by atoms with E-state index in [4.69, 9.17) is 19.3 Å². The summed E-state index contributed by atoms with van der Waals surface area (Å²) >= 11 is 0. The number of ketones is 1. The van der Waals surface area contributed by atoms with Crippen molar-refractivity contribution in [1.82, 2.24) is 0 Å². The number of hydrogen-bond acceptors (Lipinski definition) is 8. The summed E-state index contributed by atoms with van der Waals surface area (Å²) in [5, 5.41) is 28.8. The lowest BCUT2D eigenvalue weighted by Crippen LogP contribution is -2.59. The number of rotatable bonds is 6. The highest BCUT2D eigenvalue weighted by Crippen LogP contribution is 2.37. The number of carbonyl (C=O) groups excluding carboxylic acids is 1. The van der Waals surface area contributed by atoms with Gasteiger partial charge in [0.1, 0.15) is 31.0 Å². The van der Waals surface area contributed by atoms with E-state index in [1.165, 1.54) is 6.92 Å². The van der Waals surface area contributed by atoms with Gasteiger partial charge in [0.05, 0.1) is 6.61 Å². The molecule has 0 radical (unpaired) electrons. The van der Waals surface area contributed by atoms with Crippen LogP contribution in [0.1, 0.15) is 6.92 Å². The van der Waals surface area contributed by atoms with Crippen molar-refractivity contribution < 1.29 is 48.5 Å². The number of Topliss-reactive ketones (excluding diaryl/α,β-unsaturated/α-hetero) is 1. The number of aliphatic hydroxyl groups excluding tert-OH is 3. The summed E-state index contributed by atoms with van der Waals surface area (Å²) in [6.07, 6.45) is -7.68. The number of phosphoric ester groups is 1. The van der Waals surface area contributed by atoms with Crippen LogP contribution >= 0.6 is 7.82 Å². The zero-order valence-electron chi connectivity index (χ0n) is 10.5. The van der Waals surface area contributed by atoms with Crippen molar-refractivity contribution in [2.24, 2.45) is 0 Å². The van der Waals surface area contributed by atoms with Crippen LogP contribution in [0, 0.1) is 0 Å². The number of phosphoric acid groups is 1. The first-order chi connectivity index (χ1) is 9.11. The maximum atomic E-state index is 10.8. The lowest BCUT2D eigenvalue weighted by atomic mass is 9.99. The SMILES string of the molecule is CC(=O)CO[C@H]1OC(COP(=O)(O)O)[C@@H](O)[C@H](O)C1O. The van der Waals surface area contributed by atoms with E-state index in [-0.39, 0.29) is 5.78 Å². The summed E-state index contributed by atoms with van der Waals surface area (Å²) < 4.78 is 24.7. The summed E-state index contributed by atoms with van der Waals surface area (Å²) in [5.74, 6) is -0.357. The summed E-state index contributed by atoms with van der Waals surface area (Å²) in [5.41, 5.74) is 0. The highest BCUT2D eigenvalue weighted by molar-refractivity contribution is 7.46. The van der Waals surface area contributed by atoms with Crippen LogP contribution in [-0.2, 0) is 23.4 Å². The van der Waals surface area contributed by atoms with Gasteiger partial charge in [0.25, 0.3) is 0 Å². The van der Waals surface area contributed by atoms with Gasteiger partial charge in [-0.05, 0) is 6.92 Å². The molecule has 1 saturated heterocycles. The zero-order valence-corrected chi connectivity index (χ0v) is 11.4. The molecule has 2 unspecified atom stereocenters. The summed E-state index contributed by atoms with van der Waals surface area (Å²) in [7, 11) is -4.77. The first kappa shape index (κ1) is 17.6. The van der Waals surface area contributed by atoms with Gasteiger partial charge in [-0.2, -0.15) is 0 Å². The summed E-state index contributed by atoms with van der Waals surface area (Å²) in [6, 6.07) is 0. The second-order valence-electron chi connectivity index (χ2n) is 4.31. The molecular formula is C9H17O10P. The molecule has 5 N–H and O–H groups in total. The molecule has 1 fully saturated rings. The molecule has 1 heterocycles. The Morgan fingerprint density at radius 3 is 2.30 bits per heavy atom. The van der Waals surface area contributed by atoms with E-state index in [1.807, 2.05) is 0 Å². The lowest BCUT2D eigenvalue weighted by Gasteiger charge is -2.39. The highest BCUT2D eigenvalue weighted by Gasteiger charge is 2.45. The minimum atomic E-state index is -4.77. The summed E-state index contributed by atoms with van der Waals surface area (Å²) in [4.78, 5) is 27.9. The summed E-state index contributed by atoms with van der Waals surface area (Å²) in [6.45, 7) is 0.112. The van der Waals surface area contributed by atoms with E-state index in [0.29, 0.717) is 0 Å². The van der Waals surface area contributed by atoms with Crippen LogP contribution in [-0.4, -0.2) is 74.8 Å². The van der Waals surface area contributed by atoms with Gasteiger partial charge in [-0.25, -0.2) is 4.57 Å². The van der Waals surface area contributed by atoms with Crippen LogP contribution in [0.25, 0.3) is 0 Å². The minimum absolute atomic E-state index is 0.357. The molecular weight excluding hydrogens is 299 g/mol. The molecule has 0 aromatic rings. The molecule has 20 heavy (non-hydrogen) atoms. The van der Waals surface area contributed by atoms with Crippen molar-refractivity contribution in [3.63, 3.8) is 0 Å². The Morgan fingerprint density at radius 1 is 1.20 bits per heavy atom. The van der Waals surface area contributed by atoms with Crippen LogP contribution in [0.2, 0.25) is 0 Å². The Morgan fingerprint density at radius 2 is 1.80 bits per heavy atom. The standard InChI is InChI=1S/C9H17O10P/c1-4(10)2-17-9-8(13)7(12)6(11)5(19-9)3-18-20(14,15)16/h5-9,11-13H,2-3H2,1H3,(H2,14,15,16)/t5?,6-,7+,8?,9+/m1/s1. The van der Waals surface area contributed by atoms with E-state index in [2.05, 4.69) is 4.52 Å². The van der Waals surface area contributed by atoms with E-state index in [1.54, 1.807) is 0 Å². The largest absolute Gasteiger partial charge is 0.469 e. The molecule has 1 aliphatic heterocycles. The molecule has 0 saturated carbocycles. The molecule has 0 spiro atoms. The molecule has 10 nitrogen and oxygen atoms in total. The maximum absolute atomic E-state index is 10.8. The first-order valence-electron chi connectivity index (χ1n) is 5.62. The number of carbonyl (C=O) groups is 1. The normalized spacial score (nSPS) is 35.0. The molecule has 11 heteroatoms. The Hall–Kier alpha value is -0.420. The Kier molecular flexibility index (Phi) is 6.20. The Balaban J connectivity index is 2.65. The molecule has 0 aliphatic carbocycles. The zero-order chi connectivity index (χ0) is 15.5. The fourth-order valence-corrected chi connectivity index (χ4v) is 1.90. The third-order valence-electron chi connectivity index (χ3n) is 2.53. The van der Waals surface area contributed by atoms with Crippen molar-refractivity contribution in [2.45, 2.75) is 37.6 Å². The molecule has 0 aromatic carbocycles. The van der Waals surface area contributed by atoms with Gasteiger partial charge in [-0.3, -0.25) is 9.32 Å². The van der Waals surface area contributed by atoms with Gasteiger partial charge in [-0.15, -0.1) is 0 Å². The molecule has 0 amide bonds. The highest BCUT2D eigenvalue weighted by atomic mass is 31.2. The smallest absolute Gasteiger partial charge is 0.387 e. The van der Waals surface area contributed by atoms with Crippen LogP contribution in [0.3, 0.4) is 0 Å². The van der Waals surface area contributed by atoms with E-state index in [0.717, 1.165) is 0 Å². The monoisotopic (exact) mass is 316 g/mol. The van der Waals surface area contributed by atoms with Crippen LogP contribution in [0.5, 0.6) is 0 Å². The van der Waals surface area contributed by atoms with Crippen LogP contribution in [0.15, 0.2) is 0 Å². The minimum Gasteiger partial charge on any atom is -0.387 e. The Bertz CT molecular complexity index is 381. The fourth-order valence-electron chi connectivity index (χ4n) is 1.56. The molecule has 1 rings (SSSR count). The quantitative estimate of drug-likeness (QED) is 0.331. The van der Waals surface area contributed by atoms with E-state index >= 15 is 0 Å². The van der Waals surface area contributed by atoms with Gasteiger partial charge in [0, 0.05) is 0 Å². The van der Waals surface area contributed by atoms with Crippen molar-refractivity contribution in [3.05, 3.63) is 0 Å². The number of ether oxygens (including phenoxy) is 2. The van der Waals surface area contributed by atoms with Crippen molar-refractivity contribution in [2.75, 3.05) is 13.2 Å². The predicted molar refractivity (Wildman–Crippen MR) is 61.3 cm³/mol. The second-order valence-corrected chi connectivity index (χ2v) is 5.55. The van der Waals surface area contributed by atoms with Gasteiger partial charge in [-0.1, -0.05) is 0 Å². The van der Waals surface area contributed by atoms with Gasteiger partial charge >= 0.3 is 7.82 Å².